The average Bonchev–Trinajstić information content (AvgIpc) is 2.64. The molecular formula is C21H22N2O3. The number of benzene rings is 2. The van der Waals surface area contributed by atoms with E-state index in [1.165, 1.54) is 0 Å². The highest BCUT2D eigenvalue weighted by Gasteiger charge is 2.43. The number of para-hydroxylation sites is 1. The molecular weight excluding hydrogens is 328 g/mol. The van der Waals surface area contributed by atoms with E-state index in [0.717, 1.165) is 16.5 Å². The van der Waals surface area contributed by atoms with E-state index >= 15 is 0 Å². The largest absolute Gasteiger partial charge is 0.484 e. The molecule has 1 aliphatic rings. The van der Waals surface area contributed by atoms with Gasteiger partial charge in [0.15, 0.2) is 0 Å². The Balaban J connectivity index is 2.01. The van der Waals surface area contributed by atoms with Crippen molar-refractivity contribution < 1.29 is 9.84 Å². The maximum Gasteiger partial charge on any atom is 0.260 e. The van der Waals surface area contributed by atoms with E-state index in [-0.39, 0.29) is 5.56 Å². The smallest absolute Gasteiger partial charge is 0.260 e. The van der Waals surface area contributed by atoms with Crippen LogP contribution in [0.2, 0.25) is 0 Å². The van der Waals surface area contributed by atoms with E-state index in [0.29, 0.717) is 17.9 Å². The minimum absolute atomic E-state index is 0.218. The van der Waals surface area contributed by atoms with Gasteiger partial charge in [0.05, 0.1) is 23.7 Å². The van der Waals surface area contributed by atoms with Crippen LogP contribution in [-0.2, 0) is 6.54 Å². The van der Waals surface area contributed by atoms with Crippen LogP contribution in [0.15, 0.2) is 59.4 Å². The zero-order chi connectivity index (χ0) is 18.5. The molecule has 2 aromatic carbocycles. The van der Waals surface area contributed by atoms with E-state index < -0.39 is 17.7 Å². The van der Waals surface area contributed by atoms with Crippen molar-refractivity contribution in [2.24, 2.45) is 5.73 Å². The number of hydrogen-bond acceptors (Lipinski definition) is 4. The Labute approximate surface area is 151 Å². The van der Waals surface area contributed by atoms with E-state index in [1.54, 1.807) is 18.4 Å². The number of aliphatic hydroxyl groups is 1. The standard InChI is InChI=1S/C21H22N2O3/c1-21(2)19(24)17(22)16-18(26-21)14-10-6-7-11-15(14)23(20(16)25)12-13-8-4-3-5-9-13/h3-11,17,19,24H,12,22H2,1-2H3/t17-,19+/m1/s1. The number of nitrogens with two attached hydrogens (primary N) is 1. The molecule has 0 spiro atoms. The summed E-state index contributed by atoms with van der Waals surface area (Å²) in [5.74, 6) is 0.484. The molecule has 134 valence electrons. The van der Waals surface area contributed by atoms with Gasteiger partial charge in [-0.3, -0.25) is 4.79 Å². The van der Waals surface area contributed by atoms with Gasteiger partial charge in [-0.15, -0.1) is 0 Å². The molecule has 1 aliphatic heterocycles. The van der Waals surface area contributed by atoms with E-state index in [9.17, 15) is 9.90 Å². The predicted molar refractivity (Wildman–Crippen MR) is 101 cm³/mol. The van der Waals surface area contributed by atoms with Crippen molar-refractivity contribution >= 4 is 10.9 Å². The summed E-state index contributed by atoms with van der Waals surface area (Å²) in [4.78, 5) is 13.3. The Morgan fingerprint density at radius 3 is 2.50 bits per heavy atom. The minimum atomic E-state index is -0.964. The van der Waals surface area contributed by atoms with Gasteiger partial charge in [0, 0.05) is 5.39 Å². The first-order valence-electron chi connectivity index (χ1n) is 8.72. The van der Waals surface area contributed by atoms with Gasteiger partial charge in [0.25, 0.3) is 5.56 Å². The van der Waals surface area contributed by atoms with Gasteiger partial charge in [-0.05, 0) is 31.5 Å². The molecule has 3 aromatic rings. The summed E-state index contributed by atoms with van der Waals surface area (Å²) in [5.41, 5.74) is 7.34. The molecule has 0 amide bonds. The topological polar surface area (TPSA) is 77.5 Å². The molecule has 3 N–H and O–H groups in total. The Kier molecular flexibility index (Phi) is 3.86. The summed E-state index contributed by atoms with van der Waals surface area (Å²) in [6.45, 7) is 4.00. The number of ether oxygens (including phenoxy) is 1. The second-order valence-electron chi connectivity index (χ2n) is 7.31. The van der Waals surface area contributed by atoms with Crippen molar-refractivity contribution in [1.29, 1.82) is 0 Å². The molecule has 1 aromatic heterocycles. The summed E-state index contributed by atoms with van der Waals surface area (Å²) >= 11 is 0. The quantitative estimate of drug-likeness (QED) is 0.745. The van der Waals surface area contributed by atoms with Crippen LogP contribution in [0.1, 0.15) is 31.0 Å². The summed E-state index contributed by atoms with van der Waals surface area (Å²) in [5, 5.41) is 11.4. The lowest BCUT2D eigenvalue weighted by molar-refractivity contribution is -0.0567. The van der Waals surface area contributed by atoms with Crippen LogP contribution in [-0.4, -0.2) is 21.4 Å². The Morgan fingerprint density at radius 1 is 1.12 bits per heavy atom. The zero-order valence-corrected chi connectivity index (χ0v) is 14.8. The third-order valence-corrected chi connectivity index (χ3v) is 5.09. The monoisotopic (exact) mass is 350 g/mol. The number of fused-ring (bicyclic) bond motifs is 3. The lowest BCUT2D eigenvalue weighted by Crippen LogP contribution is -2.53. The van der Waals surface area contributed by atoms with Gasteiger partial charge in [-0.1, -0.05) is 42.5 Å². The summed E-state index contributed by atoms with van der Waals surface area (Å²) in [7, 11) is 0. The maximum absolute atomic E-state index is 13.3. The molecule has 4 rings (SSSR count). The Bertz CT molecular complexity index is 1020. The second-order valence-corrected chi connectivity index (χ2v) is 7.31. The highest BCUT2D eigenvalue weighted by Crippen LogP contribution is 2.41. The van der Waals surface area contributed by atoms with Gasteiger partial charge >= 0.3 is 0 Å². The molecule has 0 bridgehead atoms. The van der Waals surface area contributed by atoms with Crippen molar-refractivity contribution in [2.45, 2.75) is 38.1 Å². The number of rotatable bonds is 2. The van der Waals surface area contributed by atoms with Crippen LogP contribution in [0, 0.1) is 0 Å². The zero-order valence-electron chi connectivity index (χ0n) is 14.8. The van der Waals surface area contributed by atoms with E-state index in [1.807, 2.05) is 54.6 Å². The molecule has 2 heterocycles. The number of nitrogens with zero attached hydrogens (tertiary/aromatic N) is 1. The fraction of sp³-hybridized carbons (Fsp3) is 0.286. The Hall–Kier alpha value is -2.63. The molecule has 5 heteroatoms. The van der Waals surface area contributed by atoms with Crippen molar-refractivity contribution in [3.63, 3.8) is 0 Å². The summed E-state index contributed by atoms with van der Waals surface area (Å²) in [6, 6.07) is 16.6. The van der Waals surface area contributed by atoms with E-state index in [2.05, 4.69) is 0 Å². The molecule has 0 saturated carbocycles. The third-order valence-electron chi connectivity index (χ3n) is 5.09. The number of hydrogen-bond donors (Lipinski definition) is 2. The average molecular weight is 350 g/mol. The molecule has 0 unspecified atom stereocenters. The predicted octanol–water partition coefficient (Wildman–Crippen LogP) is 2.58. The van der Waals surface area contributed by atoms with Gasteiger partial charge in [0.2, 0.25) is 0 Å². The highest BCUT2D eigenvalue weighted by molar-refractivity contribution is 5.87. The van der Waals surface area contributed by atoms with Crippen LogP contribution in [0.4, 0.5) is 0 Å². The molecule has 0 aliphatic carbocycles. The normalized spacial score (nSPS) is 21.2. The van der Waals surface area contributed by atoms with Gasteiger partial charge in [0.1, 0.15) is 17.5 Å². The van der Waals surface area contributed by atoms with Gasteiger partial charge < -0.3 is 20.1 Å². The lowest BCUT2D eigenvalue weighted by atomic mass is 9.87. The molecule has 2 atom stereocenters. The van der Waals surface area contributed by atoms with Crippen molar-refractivity contribution in [3.05, 3.63) is 76.1 Å². The summed E-state index contributed by atoms with van der Waals surface area (Å²) < 4.78 is 7.76. The molecule has 0 radical (unpaired) electrons. The molecule has 0 fully saturated rings. The molecule has 26 heavy (non-hydrogen) atoms. The van der Waals surface area contributed by atoms with Crippen LogP contribution in [0.5, 0.6) is 5.75 Å². The maximum atomic E-state index is 13.3. The van der Waals surface area contributed by atoms with E-state index in [4.69, 9.17) is 10.5 Å². The van der Waals surface area contributed by atoms with Gasteiger partial charge in [-0.25, -0.2) is 0 Å². The minimum Gasteiger partial charge on any atom is -0.484 e. The fourth-order valence-electron chi connectivity index (χ4n) is 3.64. The van der Waals surface area contributed by atoms with Crippen LogP contribution >= 0.6 is 0 Å². The SMILES string of the molecule is CC1(C)Oc2c(c(=O)n(Cc3ccccc3)c3ccccc23)[C@@H](N)[C@@H]1O. The fourth-order valence-corrected chi connectivity index (χ4v) is 3.64. The highest BCUT2D eigenvalue weighted by atomic mass is 16.5. The summed E-state index contributed by atoms with van der Waals surface area (Å²) in [6.07, 6.45) is -0.964. The number of aliphatic hydroxyl groups excluding tert-OH is 1. The first kappa shape index (κ1) is 16.8. The van der Waals surface area contributed by atoms with Crippen molar-refractivity contribution in [2.75, 3.05) is 0 Å². The first-order chi connectivity index (χ1) is 12.4. The second kappa shape index (κ2) is 5.97. The molecule has 5 nitrogen and oxygen atoms in total. The number of pyridine rings is 1. The first-order valence-corrected chi connectivity index (χ1v) is 8.72. The van der Waals surface area contributed by atoms with Crippen LogP contribution in [0.25, 0.3) is 10.9 Å². The van der Waals surface area contributed by atoms with Crippen LogP contribution in [0.3, 0.4) is 0 Å². The van der Waals surface area contributed by atoms with Crippen LogP contribution < -0.4 is 16.0 Å². The Morgan fingerprint density at radius 2 is 1.77 bits per heavy atom. The van der Waals surface area contributed by atoms with Crippen molar-refractivity contribution in [3.8, 4) is 5.75 Å². The molecule has 0 saturated heterocycles. The van der Waals surface area contributed by atoms with Gasteiger partial charge in [-0.2, -0.15) is 0 Å². The van der Waals surface area contributed by atoms with Crippen molar-refractivity contribution in [1.82, 2.24) is 4.57 Å². The third kappa shape index (κ3) is 2.52. The lowest BCUT2D eigenvalue weighted by Gasteiger charge is -2.41. The number of aromatic nitrogens is 1.